The van der Waals surface area contributed by atoms with Crippen molar-refractivity contribution in [1.82, 2.24) is 0 Å². The highest BCUT2D eigenvalue weighted by molar-refractivity contribution is 7.09. The summed E-state index contributed by atoms with van der Waals surface area (Å²) in [6, 6.07) is 6.75. The second-order valence-corrected chi connectivity index (χ2v) is 5.28. The zero-order chi connectivity index (χ0) is 15.5. The van der Waals surface area contributed by atoms with Gasteiger partial charge >= 0.3 is 6.18 Å². The van der Waals surface area contributed by atoms with E-state index in [4.69, 9.17) is 0 Å². The molecule has 0 saturated heterocycles. The molecule has 8 heteroatoms. The fourth-order valence-electron chi connectivity index (χ4n) is 1.82. The van der Waals surface area contributed by atoms with E-state index in [0.29, 0.717) is 13.0 Å². The normalized spacial score (nSPS) is 11.4. The Morgan fingerprint density at radius 1 is 1.29 bits per heavy atom. The summed E-state index contributed by atoms with van der Waals surface area (Å²) in [5.41, 5.74) is -1.97. The third kappa shape index (κ3) is 3.94. The predicted molar refractivity (Wildman–Crippen MR) is 74.6 cm³/mol. The van der Waals surface area contributed by atoms with E-state index in [1.165, 1.54) is 6.07 Å². The second kappa shape index (κ2) is 6.13. The van der Waals surface area contributed by atoms with Crippen LogP contribution in [-0.4, -0.2) is 11.5 Å². The van der Waals surface area contributed by atoms with Gasteiger partial charge in [0.25, 0.3) is 5.69 Å². The van der Waals surface area contributed by atoms with Gasteiger partial charge < -0.3 is 5.32 Å². The monoisotopic (exact) mass is 316 g/mol. The average molecular weight is 316 g/mol. The van der Waals surface area contributed by atoms with Crippen LogP contribution in [0.25, 0.3) is 0 Å². The van der Waals surface area contributed by atoms with Gasteiger partial charge in [0, 0.05) is 23.2 Å². The first-order valence-corrected chi connectivity index (χ1v) is 6.88. The van der Waals surface area contributed by atoms with Crippen molar-refractivity contribution in [3.8, 4) is 0 Å². The van der Waals surface area contributed by atoms with Crippen LogP contribution < -0.4 is 5.32 Å². The molecule has 0 atom stereocenters. The van der Waals surface area contributed by atoms with Gasteiger partial charge in [-0.15, -0.1) is 11.3 Å². The van der Waals surface area contributed by atoms with Crippen LogP contribution in [0.5, 0.6) is 0 Å². The number of alkyl halides is 3. The first-order chi connectivity index (χ1) is 9.88. The highest BCUT2D eigenvalue weighted by atomic mass is 32.1. The fourth-order valence-corrected chi connectivity index (χ4v) is 2.53. The largest absolute Gasteiger partial charge is 0.423 e. The highest BCUT2D eigenvalue weighted by Crippen LogP contribution is 2.37. The molecular weight excluding hydrogens is 305 g/mol. The van der Waals surface area contributed by atoms with Gasteiger partial charge in [0.1, 0.15) is 5.56 Å². The molecule has 0 amide bonds. The molecule has 112 valence electrons. The smallest absolute Gasteiger partial charge is 0.385 e. The van der Waals surface area contributed by atoms with Crippen molar-refractivity contribution < 1.29 is 18.1 Å². The SMILES string of the molecule is O=[N+]([O-])c1ccc(NCCc2cccs2)cc1C(F)(F)F. The molecule has 1 heterocycles. The molecular formula is C13H11F3N2O2S. The van der Waals surface area contributed by atoms with Crippen molar-refractivity contribution in [2.45, 2.75) is 12.6 Å². The standard InChI is InChI=1S/C13H11F3N2O2S/c14-13(15,16)11-8-9(3-4-12(11)18(19)20)17-6-5-10-2-1-7-21-10/h1-4,7-8,17H,5-6H2. The highest BCUT2D eigenvalue weighted by Gasteiger charge is 2.38. The molecule has 4 nitrogen and oxygen atoms in total. The number of benzene rings is 1. The summed E-state index contributed by atoms with van der Waals surface area (Å²) in [6.07, 6.45) is -4.08. The lowest BCUT2D eigenvalue weighted by Crippen LogP contribution is -2.11. The number of rotatable bonds is 5. The molecule has 2 rings (SSSR count). The van der Waals surface area contributed by atoms with Gasteiger partial charge in [-0.05, 0) is 30.0 Å². The average Bonchev–Trinajstić information content (AvgIpc) is 2.90. The van der Waals surface area contributed by atoms with E-state index < -0.39 is 22.4 Å². The number of nitro benzene ring substituents is 1. The quantitative estimate of drug-likeness (QED) is 0.660. The molecule has 2 aromatic rings. The van der Waals surface area contributed by atoms with Crippen LogP contribution >= 0.6 is 11.3 Å². The lowest BCUT2D eigenvalue weighted by molar-refractivity contribution is -0.388. The first-order valence-electron chi connectivity index (χ1n) is 6.00. The summed E-state index contributed by atoms with van der Waals surface area (Å²) >= 11 is 1.56. The predicted octanol–water partition coefficient (Wildman–Crippen LogP) is 4.33. The number of anilines is 1. The maximum absolute atomic E-state index is 12.8. The second-order valence-electron chi connectivity index (χ2n) is 4.24. The molecule has 0 saturated carbocycles. The lowest BCUT2D eigenvalue weighted by atomic mass is 10.1. The van der Waals surface area contributed by atoms with Crippen LogP contribution in [-0.2, 0) is 12.6 Å². The van der Waals surface area contributed by atoms with Crippen molar-refractivity contribution >= 4 is 22.7 Å². The maximum atomic E-state index is 12.8. The topological polar surface area (TPSA) is 55.2 Å². The summed E-state index contributed by atoms with van der Waals surface area (Å²) in [6.45, 7) is 0.454. The molecule has 0 bridgehead atoms. The molecule has 0 spiro atoms. The van der Waals surface area contributed by atoms with E-state index >= 15 is 0 Å². The number of thiophene rings is 1. The molecule has 0 fully saturated rings. The minimum Gasteiger partial charge on any atom is -0.385 e. The van der Waals surface area contributed by atoms with Gasteiger partial charge in [-0.3, -0.25) is 10.1 Å². The van der Waals surface area contributed by atoms with Gasteiger partial charge in [0.15, 0.2) is 0 Å². The third-order valence-electron chi connectivity index (χ3n) is 2.78. The molecule has 0 aliphatic heterocycles. The number of halogens is 3. The van der Waals surface area contributed by atoms with Crippen molar-refractivity contribution in [2.75, 3.05) is 11.9 Å². The number of nitro groups is 1. The van der Waals surface area contributed by atoms with Crippen LogP contribution in [0.15, 0.2) is 35.7 Å². The minimum absolute atomic E-state index is 0.212. The van der Waals surface area contributed by atoms with E-state index in [9.17, 15) is 23.3 Å². The molecule has 0 aliphatic rings. The Morgan fingerprint density at radius 2 is 2.05 bits per heavy atom. The van der Waals surface area contributed by atoms with E-state index in [-0.39, 0.29) is 5.69 Å². The van der Waals surface area contributed by atoms with Crippen LogP contribution in [0.1, 0.15) is 10.4 Å². The van der Waals surface area contributed by atoms with Crippen LogP contribution in [0.4, 0.5) is 24.5 Å². The van der Waals surface area contributed by atoms with E-state index in [1.54, 1.807) is 11.3 Å². The molecule has 0 radical (unpaired) electrons. The van der Waals surface area contributed by atoms with Crippen LogP contribution in [0.2, 0.25) is 0 Å². The Hall–Kier alpha value is -2.09. The molecule has 0 unspecified atom stereocenters. The van der Waals surface area contributed by atoms with Gasteiger partial charge in [0.2, 0.25) is 0 Å². The van der Waals surface area contributed by atoms with E-state index in [2.05, 4.69) is 5.32 Å². The minimum atomic E-state index is -4.76. The summed E-state index contributed by atoms with van der Waals surface area (Å²) in [4.78, 5) is 10.7. The fraction of sp³-hybridized carbons (Fsp3) is 0.231. The molecule has 1 aromatic heterocycles. The number of hydrogen-bond donors (Lipinski definition) is 1. The lowest BCUT2D eigenvalue weighted by Gasteiger charge is -2.11. The Morgan fingerprint density at radius 3 is 2.62 bits per heavy atom. The maximum Gasteiger partial charge on any atom is 0.423 e. The molecule has 1 aromatic carbocycles. The number of nitrogens with zero attached hydrogens (tertiary/aromatic N) is 1. The third-order valence-corrected chi connectivity index (χ3v) is 3.72. The molecule has 21 heavy (non-hydrogen) atoms. The van der Waals surface area contributed by atoms with Gasteiger partial charge in [-0.1, -0.05) is 6.07 Å². The Kier molecular flexibility index (Phi) is 4.46. The van der Waals surface area contributed by atoms with Crippen molar-refractivity contribution in [3.05, 3.63) is 56.3 Å². The summed E-state index contributed by atoms with van der Waals surface area (Å²) in [5.74, 6) is 0. The van der Waals surface area contributed by atoms with Crippen LogP contribution in [0.3, 0.4) is 0 Å². The Balaban J connectivity index is 2.12. The van der Waals surface area contributed by atoms with Crippen molar-refractivity contribution in [3.63, 3.8) is 0 Å². The number of hydrogen-bond acceptors (Lipinski definition) is 4. The zero-order valence-electron chi connectivity index (χ0n) is 10.7. The molecule has 0 aliphatic carbocycles. The number of nitrogens with one attached hydrogen (secondary N) is 1. The van der Waals surface area contributed by atoms with Crippen LogP contribution in [0, 0.1) is 10.1 Å². The Labute approximate surface area is 122 Å². The molecule has 1 N–H and O–H groups in total. The summed E-state index contributed by atoms with van der Waals surface area (Å²) < 4.78 is 38.4. The van der Waals surface area contributed by atoms with Gasteiger partial charge in [-0.2, -0.15) is 13.2 Å². The zero-order valence-corrected chi connectivity index (χ0v) is 11.5. The first kappa shape index (κ1) is 15.3. The van der Waals surface area contributed by atoms with Crippen molar-refractivity contribution in [1.29, 1.82) is 0 Å². The van der Waals surface area contributed by atoms with E-state index in [0.717, 1.165) is 17.0 Å². The van der Waals surface area contributed by atoms with Gasteiger partial charge in [0.05, 0.1) is 4.92 Å². The van der Waals surface area contributed by atoms with Crippen molar-refractivity contribution in [2.24, 2.45) is 0 Å². The Bertz CT molecular complexity index is 627. The van der Waals surface area contributed by atoms with Gasteiger partial charge in [-0.25, -0.2) is 0 Å². The summed E-state index contributed by atoms with van der Waals surface area (Å²) in [5, 5.41) is 15.4. The van der Waals surface area contributed by atoms with E-state index in [1.807, 2.05) is 17.5 Å². The summed E-state index contributed by atoms with van der Waals surface area (Å²) in [7, 11) is 0.